The molecule has 0 bridgehead atoms. The maximum absolute atomic E-state index is 11.4. The molecule has 0 spiro atoms. The minimum Gasteiger partial charge on any atom is -0.489 e. The molecule has 0 saturated heterocycles. The van der Waals surface area contributed by atoms with Crippen molar-refractivity contribution in [1.82, 2.24) is 5.32 Å². The molecule has 0 aliphatic heterocycles. The van der Waals surface area contributed by atoms with Crippen LogP contribution in [0.1, 0.15) is 39.7 Å². The van der Waals surface area contributed by atoms with Crippen molar-refractivity contribution < 1.29 is 14.6 Å². The average Bonchev–Trinajstić information content (AvgIpc) is 2.50. The first-order chi connectivity index (χ1) is 10.7. The monoisotopic (exact) mass is 319 g/mol. The molecule has 0 fully saturated rings. The molecule has 6 nitrogen and oxygen atoms in total. The number of rotatable bonds is 7. The second kappa shape index (κ2) is 8.51. The first-order valence-electron chi connectivity index (χ1n) is 7.65. The second-order valence-electron chi connectivity index (χ2n) is 6.32. The number of nitriles is 1. The number of hydrogen-bond donors (Lipinski definition) is 3. The van der Waals surface area contributed by atoms with Crippen LogP contribution in [0.3, 0.4) is 0 Å². The molecule has 126 valence electrons. The maximum atomic E-state index is 11.4. The Hall–Kier alpha value is -2.10. The van der Waals surface area contributed by atoms with Gasteiger partial charge in [0, 0.05) is 24.2 Å². The van der Waals surface area contributed by atoms with E-state index in [9.17, 15) is 15.2 Å². The SMILES string of the molecule is CCC(=O)Nc1ccc(OCC(O)CNC(C)(C)C)c(C#N)c1. The van der Waals surface area contributed by atoms with Crippen molar-refractivity contribution in [3.8, 4) is 11.8 Å². The summed E-state index contributed by atoms with van der Waals surface area (Å²) in [5.41, 5.74) is 0.781. The van der Waals surface area contributed by atoms with Crippen LogP contribution in [0.15, 0.2) is 18.2 Å². The van der Waals surface area contributed by atoms with E-state index in [1.165, 1.54) is 0 Å². The van der Waals surface area contributed by atoms with Crippen molar-refractivity contribution in [3.63, 3.8) is 0 Å². The first kappa shape index (κ1) is 18.9. The lowest BCUT2D eigenvalue weighted by Gasteiger charge is -2.23. The fourth-order valence-electron chi connectivity index (χ4n) is 1.74. The van der Waals surface area contributed by atoms with Gasteiger partial charge in [-0.05, 0) is 39.0 Å². The number of carbonyl (C=O) groups excluding carboxylic acids is 1. The zero-order valence-corrected chi connectivity index (χ0v) is 14.1. The van der Waals surface area contributed by atoms with Crippen molar-refractivity contribution in [2.45, 2.75) is 45.8 Å². The van der Waals surface area contributed by atoms with E-state index in [0.29, 0.717) is 30.0 Å². The van der Waals surface area contributed by atoms with Crippen LogP contribution in [0.2, 0.25) is 0 Å². The highest BCUT2D eigenvalue weighted by Gasteiger charge is 2.14. The number of nitrogens with zero attached hydrogens (tertiary/aromatic N) is 1. The number of benzene rings is 1. The summed E-state index contributed by atoms with van der Waals surface area (Å²) in [5.74, 6) is 0.267. The van der Waals surface area contributed by atoms with Crippen LogP contribution in [0.25, 0.3) is 0 Å². The van der Waals surface area contributed by atoms with Gasteiger partial charge in [0.15, 0.2) is 0 Å². The molecule has 0 radical (unpaired) electrons. The van der Waals surface area contributed by atoms with Gasteiger partial charge in [-0.2, -0.15) is 5.26 Å². The molecule has 1 amide bonds. The number of nitrogens with one attached hydrogen (secondary N) is 2. The van der Waals surface area contributed by atoms with Crippen molar-refractivity contribution in [1.29, 1.82) is 5.26 Å². The van der Waals surface area contributed by atoms with Gasteiger partial charge >= 0.3 is 0 Å². The van der Waals surface area contributed by atoms with Crippen LogP contribution in [-0.2, 0) is 4.79 Å². The van der Waals surface area contributed by atoms with E-state index in [2.05, 4.69) is 10.6 Å². The number of aliphatic hydroxyl groups excluding tert-OH is 1. The topological polar surface area (TPSA) is 94.4 Å². The first-order valence-corrected chi connectivity index (χ1v) is 7.65. The van der Waals surface area contributed by atoms with E-state index < -0.39 is 6.10 Å². The molecule has 1 aromatic rings. The largest absolute Gasteiger partial charge is 0.489 e. The lowest BCUT2D eigenvalue weighted by atomic mass is 10.1. The predicted octanol–water partition coefficient (Wildman–Crippen LogP) is 2.03. The molecule has 1 rings (SSSR count). The minimum absolute atomic E-state index is 0.0818. The van der Waals surface area contributed by atoms with Gasteiger partial charge in [-0.15, -0.1) is 0 Å². The highest BCUT2D eigenvalue weighted by molar-refractivity contribution is 5.90. The van der Waals surface area contributed by atoms with Gasteiger partial charge in [-0.1, -0.05) is 6.92 Å². The molecule has 1 unspecified atom stereocenters. The molecule has 1 atom stereocenters. The molecule has 23 heavy (non-hydrogen) atoms. The molecule has 1 aromatic carbocycles. The van der Waals surface area contributed by atoms with E-state index in [1.54, 1.807) is 25.1 Å². The number of aliphatic hydroxyl groups is 1. The predicted molar refractivity (Wildman–Crippen MR) is 89.3 cm³/mol. The van der Waals surface area contributed by atoms with Gasteiger partial charge in [-0.25, -0.2) is 0 Å². The number of hydrogen-bond acceptors (Lipinski definition) is 5. The fraction of sp³-hybridized carbons (Fsp3) is 0.529. The summed E-state index contributed by atoms with van der Waals surface area (Å²) in [7, 11) is 0. The zero-order chi connectivity index (χ0) is 17.5. The van der Waals surface area contributed by atoms with Crippen LogP contribution >= 0.6 is 0 Å². The van der Waals surface area contributed by atoms with Gasteiger partial charge in [0.05, 0.1) is 5.56 Å². The summed E-state index contributed by atoms with van der Waals surface area (Å²) in [6.07, 6.45) is -0.312. The highest BCUT2D eigenvalue weighted by atomic mass is 16.5. The Morgan fingerprint density at radius 3 is 2.70 bits per heavy atom. The molecule has 0 aliphatic rings. The number of ether oxygens (including phenoxy) is 1. The smallest absolute Gasteiger partial charge is 0.224 e. The average molecular weight is 319 g/mol. The lowest BCUT2D eigenvalue weighted by Crippen LogP contribution is -2.42. The summed E-state index contributed by atoms with van der Waals surface area (Å²) < 4.78 is 5.52. The quantitative estimate of drug-likeness (QED) is 0.715. The third-order valence-electron chi connectivity index (χ3n) is 3.00. The van der Waals surface area contributed by atoms with Crippen LogP contribution in [0, 0.1) is 11.3 Å². The summed E-state index contributed by atoms with van der Waals surface area (Å²) in [6.45, 7) is 8.27. The number of carbonyl (C=O) groups is 1. The standard InChI is InChI=1S/C17H25N3O3/c1-5-16(22)20-13-6-7-15(12(8-13)9-18)23-11-14(21)10-19-17(2,3)4/h6-8,14,19,21H,5,10-11H2,1-4H3,(H,20,22). The van der Waals surface area contributed by atoms with Crippen molar-refractivity contribution in [3.05, 3.63) is 23.8 Å². The second-order valence-corrected chi connectivity index (χ2v) is 6.32. The number of β-amino-alcohol motifs (C(OH)–C–C–N with tert-alkyl or cyclic N) is 1. The van der Waals surface area contributed by atoms with Crippen LogP contribution in [0.4, 0.5) is 5.69 Å². The molecule has 0 saturated carbocycles. The summed E-state index contributed by atoms with van der Waals surface area (Å²) in [4.78, 5) is 11.4. The molecule has 0 aromatic heterocycles. The minimum atomic E-state index is -0.680. The van der Waals surface area contributed by atoms with E-state index in [0.717, 1.165) is 0 Å². The molecule has 3 N–H and O–H groups in total. The fourth-order valence-corrected chi connectivity index (χ4v) is 1.74. The Labute approximate surface area is 137 Å². The molecule has 0 heterocycles. The Morgan fingerprint density at radius 2 is 2.13 bits per heavy atom. The van der Waals surface area contributed by atoms with Crippen LogP contribution < -0.4 is 15.4 Å². The van der Waals surface area contributed by atoms with Gasteiger partial charge in [0.1, 0.15) is 24.5 Å². The molecule has 6 heteroatoms. The van der Waals surface area contributed by atoms with Gasteiger partial charge in [0.2, 0.25) is 5.91 Å². The van der Waals surface area contributed by atoms with Gasteiger partial charge in [-0.3, -0.25) is 4.79 Å². The Kier molecular flexibility index (Phi) is 7.01. The van der Waals surface area contributed by atoms with Gasteiger partial charge in [0.25, 0.3) is 0 Å². The van der Waals surface area contributed by atoms with E-state index in [-0.39, 0.29) is 18.1 Å². The van der Waals surface area contributed by atoms with Crippen molar-refractivity contribution >= 4 is 11.6 Å². The zero-order valence-electron chi connectivity index (χ0n) is 14.1. The molecule has 0 aliphatic carbocycles. The normalized spacial score (nSPS) is 12.3. The number of anilines is 1. The Morgan fingerprint density at radius 1 is 1.43 bits per heavy atom. The van der Waals surface area contributed by atoms with E-state index in [4.69, 9.17) is 4.74 Å². The third kappa shape index (κ3) is 7.13. The summed E-state index contributed by atoms with van der Waals surface area (Å²) >= 11 is 0. The maximum Gasteiger partial charge on any atom is 0.224 e. The highest BCUT2D eigenvalue weighted by Crippen LogP contribution is 2.22. The van der Waals surface area contributed by atoms with Crippen LogP contribution in [0.5, 0.6) is 5.75 Å². The van der Waals surface area contributed by atoms with Crippen molar-refractivity contribution in [2.24, 2.45) is 0 Å². The van der Waals surface area contributed by atoms with E-state index >= 15 is 0 Å². The van der Waals surface area contributed by atoms with E-state index in [1.807, 2.05) is 26.8 Å². The summed E-state index contributed by atoms with van der Waals surface area (Å²) in [6, 6.07) is 6.88. The Bertz CT molecular complexity index is 573. The third-order valence-corrected chi connectivity index (χ3v) is 3.00. The lowest BCUT2D eigenvalue weighted by molar-refractivity contribution is -0.115. The van der Waals surface area contributed by atoms with Crippen molar-refractivity contribution in [2.75, 3.05) is 18.5 Å². The Balaban J connectivity index is 2.63. The van der Waals surface area contributed by atoms with Crippen LogP contribution in [-0.4, -0.2) is 35.8 Å². The van der Waals surface area contributed by atoms with Gasteiger partial charge < -0.3 is 20.5 Å². The summed E-state index contributed by atoms with van der Waals surface area (Å²) in [5, 5.41) is 25.0. The number of amides is 1. The molecular formula is C17H25N3O3. The molecular weight excluding hydrogens is 294 g/mol.